The number of aromatic amines is 1. The van der Waals surface area contributed by atoms with Crippen molar-refractivity contribution < 1.29 is 9.53 Å². The van der Waals surface area contributed by atoms with Crippen molar-refractivity contribution in [2.24, 2.45) is 0 Å². The van der Waals surface area contributed by atoms with Crippen LogP contribution in [0, 0.1) is 0 Å². The highest BCUT2D eigenvalue weighted by molar-refractivity contribution is 5.80. The smallest absolute Gasteiger partial charge is 0.411 e. The van der Waals surface area contributed by atoms with Crippen molar-refractivity contribution in [2.45, 2.75) is 50.8 Å². The Kier molecular flexibility index (Phi) is 4.19. The second-order valence-corrected chi connectivity index (χ2v) is 8.48. The molecule has 5 heteroatoms. The van der Waals surface area contributed by atoms with Gasteiger partial charge < -0.3 is 9.72 Å². The van der Waals surface area contributed by atoms with Crippen LogP contribution in [0.1, 0.15) is 50.3 Å². The van der Waals surface area contributed by atoms with Gasteiger partial charge in [-0.3, -0.25) is 9.88 Å². The average Bonchev–Trinajstić information content (AvgIpc) is 3.29. The van der Waals surface area contributed by atoms with Crippen molar-refractivity contribution in [3.8, 4) is 0 Å². The van der Waals surface area contributed by atoms with Crippen molar-refractivity contribution >= 4 is 22.7 Å². The van der Waals surface area contributed by atoms with Gasteiger partial charge in [-0.15, -0.1) is 0 Å². The van der Waals surface area contributed by atoms with Gasteiger partial charge in [0.1, 0.15) is 5.60 Å². The molecule has 0 bridgehead atoms. The summed E-state index contributed by atoms with van der Waals surface area (Å²) in [5, 5.41) is 0. The summed E-state index contributed by atoms with van der Waals surface area (Å²) in [5.74, 6) is 0. The van der Waals surface area contributed by atoms with Crippen LogP contribution in [0.3, 0.4) is 0 Å². The summed E-state index contributed by atoms with van der Waals surface area (Å²) in [6.07, 6.45) is 8.58. The molecule has 1 aromatic carbocycles. The minimum atomic E-state index is -0.551. The Hall–Kier alpha value is -3.08. The van der Waals surface area contributed by atoms with E-state index in [1.807, 2.05) is 55.4 Å². The number of hydrogen-bond acceptors (Lipinski definition) is 3. The molecule has 3 aromatic rings. The molecule has 1 amide bonds. The maximum Gasteiger partial charge on any atom is 0.411 e. The van der Waals surface area contributed by atoms with Crippen LogP contribution in [-0.2, 0) is 4.74 Å². The molecule has 1 aliphatic heterocycles. The Labute approximate surface area is 170 Å². The number of amides is 1. The first-order valence-corrected chi connectivity index (χ1v) is 10.2. The van der Waals surface area contributed by atoms with E-state index in [-0.39, 0.29) is 18.2 Å². The number of nitrogens with zero attached hydrogens (tertiary/aromatic N) is 2. The van der Waals surface area contributed by atoms with Gasteiger partial charge in [0.25, 0.3) is 0 Å². The number of ether oxygens (including phenoxy) is 1. The standard InChI is InChI=1S/C24H25N3O2/c1-24(2)22(17-6-4-3-5-7-17)27(23(28)29-24)19-10-8-16(9-11-19)18-14-21-20(26-15-18)12-13-25-21/h3-8,12-15,19,22,25H,9-11H2,1-2H3/t19?,22-/m0/s1. The molecule has 148 valence electrons. The lowest BCUT2D eigenvalue weighted by Gasteiger charge is -2.36. The maximum absolute atomic E-state index is 12.8. The molecule has 1 saturated heterocycles. The number of H-pyrrole nitrogens is 1. The predicted octanol–water partition coefficient (Wildman–Crippen LogP) is 5.47. The summed E-state index contributed by atoms with van der Waals surface area (Å²) in [5.41, 5.74) is 5.07. The summed E-state index contributed by atoms with van der Waals surface area (Å²) in [4.78, 5) is 22.5. The number of benzene rings is 1. The molecule has 1 N–H and O–H groups in total. The molecule has 1 aliphatic carbocycles. The van der Waals surface area contributed by atoms with Gasteiger partial charge >= 0.3 is 6.09 Å². The van der Waals surface area contributed by atoms with Gasteiger partial charge in [-0.25, -0.2) is 4.79 Å². The minimum Gasteiger partial charge on any atom is -0.441 e. The quantitative estimate of drug-likeness (QED) is 0.648. The number of rotatable bonds is 3. The third kappa shape index (κ3) is 3.11. The summed E-state index contributed by atoms with van der Waals surface area (Å²) >= 11 is 0. The highest BCUT2D eigenvalue weighted by atomic mass is 16.6. The molecule has 3 heterocycles. The van der Waals surface area contributed by atoms with Gasteiger partial charge in [0.15, 0.2) is 0 Å². The molecule has 1 fully saturated rings. The predicted molar refractivity (Wildman–Crippen MR) is 113 cm³/mol. The van der Waals surface area contributed by atoms with Crippen molar-refractivity contribution in [1.29, 1.82) is 0 Å². The molecular formula is C24H25N3O2. The van der Waals surface area contributed by atoms with Crippen molar-refractivity contribution in [2.75, 3.05) is 0 Å². The number of fused-ring (bicyclic) bond motifs is 1. The fraction of sp³-hybridized carbons (Fsp3) is 0.333. The van der Waals surface area contributed by atoms with Crippen LogP contribution in [0.25, 0.3) is 16.6 Å². The second-order valence-electron chi connectivity index (χ2n) is 8.48. The van der Waals surface area contributed by atoms with E-state index in [9.17, 15) is 4.79 Å². The molecule has 0 saturated carbocycles. The molecule has 2 atom stereocenters. The van der Waals surface area contributed by atoms with Crippen molar-refractivity contribution in [1.82, 2.24) is 14.9 Å². The molecule has 0 radical (unpaired) electrons. The molecule has 2 aromatic heterocycles. The molecular weight excluding hydrogens is 362 g/mol. The molecule has 5 rings (SSSR count). The van der Waals surface area contributed by atoms with Crippen LogP contribution in [0.2, 0.25) is 0 Å². The maximum atomic E-state index is 12.8. The topological polar surface area (TPSA) is 58.2 Å². The van der Waals surface area contributed by atoms with E-state index in [0.717, 1.165) is 41.4 Å². The summed E-state index contributed by atoms with van der Waals surface area (Å²) in [6.45, 7) is 4.01. The number of cyclic esters (lactones) is 1. The SMILES string of the molecule is CC1(C)OC(=O)N(C2CC=C(c3cnc4cc[nH]c4c3)CC2)[C@H]1c1ccccc1. The Balaban J connectivity index is 1.42. The number of allylic oxidation sites excluding steroid dienone is 1. The van der Waals surface area contributed by atoms with E-state index in [1.54, 1.807) is 0 Å². The fourth-order valence-corrected chi connectivity index (χ4v) is 4.78. The Morgan fingerprint density at radius 2 is 2.03 bits per heavy atom. The third-order valence-electron chi connectivity index (χ3n) is 6.16. The van der Waals surface area contributed by atoms with E-state index >= 15 is 0 Å². The zero-order chi connectivity index (χ0) is 20.0. The normalized spacial score (nSPS) is 23.9. The van der Waals surface area contributed by atoms with Crippen LogP contribution < -0.4 is 0 Å². The molecule has 2 aliphatic rings. The lowest BCUT2D eigenvalue weighted by molar-refractivity contribution is 0.0668. The average molecular weight is 387 g/mol. The number of pyridine rings is 1. The van der Waals surface area contributed by atoms with E-state index in [4.69, 9.17) is 4.74 Å². The first kappa shape index (κ1) is 18.0. The van der Waals surface area contributed by atoms with E-state index in [2.05, 4.69) is 34.2 Å². The number of hydrogen-bond donors (Lipinski definition) is 1. The Morgan fingerprint density at radius 3 is 2.79 bits per heavy atom. The zero-order valence-electron chi connectivity index (χ0n) is 16.8. The fourth-order valence-electron chi connectivity index (χ4n) is 4.78. The van der Waals surface area contributed by atoms with Gasteiger partial charge in [0, 0.05) is 18.4 Å². The highest BCUT2D eigenvalue weighted by Crippen LogP contribution is 2.44. The van der Waals surface area contributed by atoms with Gasteiger partial charge in [-0.2, -0.15) is 0 Å². The largest absolute Gasteiger partial charge is 0.441 e. The van der Waals surface area contributed by atoms with E-state index < -0.39 is 5.60 Å². The lowest BCUT2D eigenvalue weighted by Crippen LogP contribution is -2.41. The number of carbonyl (C=O) groups excluding carboxylic acids is 1. The van der Waals surface area contributed by atoms with Crippen LogP contribution in [0.5, 0.6) is 0 Å². The number of aromatic nitrogens is 2. The monoisotopic (exact) mass is 387 g/mol. The van der Waals surface area contributed by atoms with Crippen LogP contribution >= 0.6 is 0 Å². The molecule has 0 spiro atoms. The molecule has 1 unspecified atom stereocenters. The highest BCUT2D eigenvalue weighted by Gasteiger charge is 2.50. The van der Waals surface area contributed by atoms with Crippen molar-refractivity contribution in [3.05, 3.63) is 72.1 Å². The van der Waals surface area contributed by atoms with E-state index in [0.29, 0.717) is 0 Å². The minimum absolute atomic E-state index is 0.0758. The second kappa shape index (κ2) is 6.76. The zero-order valence-corrected chi connectivity index (χ0v) is 16.8. The number of carbonyl (C=O) groups is 1. The summed E-state index contributed by atoms with van der Waals surface area (Å²) in [6, 6.07) is 14.4. The van der Waals surface area contributed by atoms with Crippen LogP contribution in [0.15, 0.2) is 60.9 Å². The first-order chi connectivity index (χ1) is 14.0. The van der Waals surface area contributed by atoms with E-state index in [1.165, 1.54) is 5.57 Å². The first-order valence-electron chi connectivity index (χ1n) is 10.2. The van der Waals surface area contributed by atoms with Gasteiger partial charge in [-0.1, -0.05) is 36.4 Å². The Bertz CT molecular complexity index is 1080. The van der Waals surface area contributed by atoms with Crippen LogP contribution in [0.4, 0.5) is 4.79 Å². The van der Waals surface area contributed by atoms with Gasteiger partial charge in [0.2, 0.25) is 0 Å². The third-order valence-corrected chi connectivity index (χ3v) is 6.16. The number of nitrogens with one attached hydrogen (secondary N) is 1. The van der Waals surface area contributed by atoms with Gasteiger partial charge in [0.05, 0.1) is 17.1 Å². The van der Waals surface area contributed by atoms with Crippen molar-refractivity contribution in [3.63, 3.8) is 0 Å². The summed E-state index contributed by atoms with van der Waals surface area (Å²) in [7, 11) is 0. The Morgan fingerprint density at radius 1 is 1.21 bits per heavy atom. The van der Waals surface area contributed by atoms with Crippen LogP contribution in [-0.4, -0.2) is 32.6 Å². The lowest BCUT2D eigenvalue weighted by atomic mass is 9.86. The summed E-state index contributed by atoms with van der Waals surface area (Å²) < 4.78 is 5.78. The molecule has 29 heavy (non-hydrogen) atoms. The van der Waals surface area contributed by atoms with Gasteiger partial charge in [-0.05, 0) is 61.9 Å². The molecule has 5 nitrogen and oxygen atoms in total.